The number of nitrogens with zero attached hydrogens (tertiary/aromatic N) is 2. The molecule has 2 fully saturated rings. The van der Waals surface area contributed by atoms with Crippen molar-refractivity contribution in [3.8, 4) is 5.75 Å². The predicted octanol–water partition coefficient (Wildman–Crippen LogP) is 4.86. The molecule has 2 aliphatic rings. The third-order valence-corrected chi connectivity index (χ3v) is 6.94. The number of aromatic nitrogens is 2. The number of hydrogen-bond donors (Lipinski definition) is 3. The summed E-state index contributed by atoms with van der Waals surface area (Å²) in [7, 11) is 1.59. The Balaban J connectivity index is 1.15. The van der Waals surface area contributed by atoms with Gasteiger partial charge in [-0.05, 0) is 74.6 Å². The van der Waals surface area contributed by atoms with Crippen LogP contribution >= 0.6 is 0 Å². The number of fused-ring (bicyclic) bond motifs is 1. The van der Waals surface area contributed by atoms with Crippen LogP contribution in [0.2, 0.25) is 0 Å². The maximum atomic E-state index is 12.6. The number of benzene rings is 2. The Labute approximate surface area is 200 Å². The topological polar surface area (TPSA) is 88.2 Å². The molecule has 2 aliphatic carbocycles. The van der Waals surface area contributed by atoms with E-state index in [4.69, 9.17) is 14.7 Å². The quantitative estimate of drug-likeness (QED) is 0.424. The highest BCUT2D eigenvalue weighted by molar-refractivity contribution is 5.96. The minimum absolute atomic E-state index is 0.0755. The van der Waals surface area contributed by atoms with Crippen molar-refractivity contribution in [2.24, 2.45) is 11.8 Å². The third-order valence-electron chi connectivity index (χ3n) is 6.94. The van der Waals surface area contributed by atoms with Gasteiger partial charge in [-0.25, -0.2) is 4.98 Å². The van der Waals surface area contributed by atoms with Crippen LogP contribution in [-0.2, 0) is 0 Å². The number of para-hydroxylation sites is 2. The van der Waals surface area contributed by atoms with Gasteiger partial charge in [0.25, 0.3) is 5.91 Å². The summed E-state index contributed by atoms with van der Waals surface area (Å²) in [6.45, 7) is 1.66. The molecule has 1 amide bonds. The molecule has 0 radical (unpaired) electrons. The average molecular weight is 460 g/mol. The lowest BCUT2D eigenvalue weighted by molar-refractivity contribution is 0.0940. The standard InChI is InChI=1S/C27H33N5O2/c1-34-24-9-5-3-7-22(24)26(33)29-17-19-12-14-20(15-13-19)30-27-31-23-8-4-2-6-21(23)25(32-27)28-16-18-10-11-18/h2-9,18-20H,10-17H2,1H3,(H,29,33)(H2,28,30,31,32)/t19-,20-. The fourth-order valence-corrected chi connectivity index (χ4v) is 4.70. The second-order valence-electron chi connectivity index (χ2n) is 9.51. The third kappa shape index (κ3) is 5.41. The van der Waals surface area contributed by atoms with Gasteiger partial charge >= 0.3 is 0 Å². The van der Waals surface area contributed by atoms with E-state index in [9.17, 15) is 4.79 Å². The number of nitrogens with one attached hydrogen (secondary N) is 3. The molecule has 0 spiro atoms. The zero-order chi connectivity index (χ0) is 23.3. The van der Waals surface area contributed by atoms with Crippen molar-refractivity contribution in [3.63, 3.8) is 0 Å². The van der Waals surface area contributed by atoms with Crippen LogP contribution in [0.5, 0.6) is 5.75 Å². The predicted molar refractivity (Wildman–Crippen MR) is 135 cm³/mol. The summed E-state index contributed by atoms with van der Waals surface area (Å²) in [4.78, 5) is 22.2. The minimum Gasteiger partial charge on any atom is -0.496 e. The fourth-order valence-electron chi connectivity index (χ4n) is 4.70. The molecule has 1 heterocycles. The maximum Gasteiger partial charge on any atom is 0.255 e. The summed E-state index contributed by atoms with van der Waals surface area (Å²) in [5.41, 5.74) is 1.55. The molecule has 0 aliphatic heterocycles. The highest BCUT2D eigenvalue weighted by Gasteiger charge is 2.24. The highest BCUT2D eigenvalue weighted by atomic mass is 16.5. The number of anilines is 2. The number of rotatable bonds is 9. The van der Waals surface area contributed by atoms with E-state index in [0.29, 0.717) is 35.8 Å². The molecule has 178 valence electrons. The highest BCUT2D eigenvalue weighted by Crippen LogP contribution is 2.31. The molecule has 2 saturated carbocycles. The van der Waals surface area contributed by atoms with E-state index in [1.165, 1.54) is 12.8 Å². The van der Waals surface area contributed by atoms with E-state index < -0.39 is 0 Å². The van der Waals surface area contributed by atoms with E-state index in [0.717, 1.165) is 54.9 Å². The monoisotopic (exact) mass is 459 g/mol. The summed E-state index contributed by atoms with van der Waals surface area (Å²) in [6.07, 6.45) is 6.81. The van der Waals surface area contributed by atoms with Gasteiger partial charge in [-0.2, -0.15) is 4.98 Å². The SMILES string of the molecule is COc1ccccc1C(=O)NC[C@H]1CC[C@H](Nc2nc(NCC3CC3)c3ccccc3n2)CC1. The Bertz CT molecular complexity index is 1140. The van der Waals surface area contributed by atoms with Crippen molar-refractivity contribution >= 4 is 28.6 Å². The number of amides is 1. The molecule has 0 bridgehead atoms. The zero-order valence-electron chi connectivity index (χ0n) is 19.7. The van der Waals surface area contributed by atoms with Crippen molar-refractivity contribution < 1.29 is 9.53 Å². The Morgan fingerprint density at radius 3 is 2.41 bits per heavy atom. The van der Waals surface area contributed by atoms with E-state index in [1.807, 2.05) is 36.4 Å². The van der Waals surface area contributed by atoms with Crippen LogP contribution < -0.4 is 20.7 Å². The van der Waals surface area contributed by atoms with E-state index in [2.05, 4.69) is 22.0 Å². The van der Waals surface area contributed by atoms with Gasteiger partial charge in [0.15, 0.2) is 0 Å². The van der Waals surface area contributed by atoms with Crippen molar-refractivity contribution in [1.82, 2.24) is 15.3 Å². The average Bonchev–Trinajstić information content (AvgIpc) is 3.71. The van der Waals surface area contributed by atoms with E-state index >= 15 is 0 Å². The molecule has 0 unspecified atom stereocenters. The molecule has 0 atom stereocenters. The van der Waals surface area contributed by atoms with Crippen molar-refractivity contribution in [2.45, 2.75) is 44.6 Å². The van der Waals surface area contributed by atoms with Crippen LogP contribution in [0.3, 0.4) is 0 Å². The lowest BCUT2D eigenvalue weighted by Gasteiger charge is -2.29. The molecule has 7 heteroatoms. The Kier molecular flexibility index (Phi) is 6.79. The maximum absolute atomic E-state index is 12.6. The Hall–Kier alpha value is -3.35. The molecule has 2 aromatic carbocycles. The molecule has 1 aromatic heterocycles. The van der Waals surface area contributed by atoms with Gasteiger partial charge in [0.05, 0.1) is 18.2 Å². The normalized spacial score (nSPS) is 20.0. The first kappa shape index (κ1) is 22.4. The molecule has 0 saturated heterocycles. The lowest BCUT2D eigenvalue weighted by atomic mass is 9.86. The van der Waals surface area contributed by atoms with Crippen LogP contribution in [0.1, 0.15) is 48.9 Å². The molecular weight excluding hydrogens is 426 g/mol. The summed E-state index contributed by atoms with van der Waals surface area (Å²) >= 11 is 0. The molecule has 34 heavy (non-hydrogen) atoms. The van der Waals surface area contributed by atoms with Gasteiger partial charge < -0.3 is 20.7 Å². The van der Waals surface area contributed by atoms with Gasteiger partial charge in [-0.1, -0.05) is 24.3 Å². The van der Waals surface area contributed by atoms with Gasteiger partial charge in [-0.3, -0.25) is 4.79 Å². The fraction of sp³-hybridized carbons (Fsp3) is 0.444. The van der Waals surface area contributed by atoms with Crippen LogP contribution in [0.4, 0.5) is 11.8 Å². The van der Waals surface area contributed by atoms with Gasteiger partial charge in [0, 0.05) is 24.5 Å². The molecule has 3 N–H and O–H groups in total. The first-order valence-corrected chi connectivity index (χ1v) is 12.4. The van der Waals surface area contributed by atoms with Gasteiger partial charge in [0.1, 0.15) is 11.6 Å². The van der Waals surface area contributed by atoms with Crippen LogP contribution in [-0.4, -0.2) is 42.1 Å². The van der Waals surface area contributed by atoms with E-state index in [-0.39, 0.29) is 5.91 Å². The lowest BCUT2D eigenvalue weighted by Crippen LogP contribution is -2.34. The smallest absolute Gasteiger partial charge is 0.255 e. The first-order chi connectivity index (χ1) is 16.7. The minimum atomic E-state index is -0.0755. The number of carbonyl (C=O) groups excluding carboxylic acids is 1. The largest absolute Gasteiger partial charge is 0.496 e. The number of carbonyl (C=O) groups is 1. The van der Waals surface area contributed by atoms with Crippen molar-refractivity contribution in [1.29, 1.82) is 0 Å². The van der Waals surface area contributed by atoms with Gasteiger partial charge in [-0.15, -0.1) is 0 Å². The summed E-state index contributed by atoms with van der Waals surface area (Å²) in [6, 6.07) is 15.9. The number of ether oxygens (including phenoxy) is 1. The van der Waals surface area contributed by atoms with Gasteiger partial charge in [0.2, 0.25) is 5.95 Å². The van der Waals surface area contributed by atoms with Crippen LogP contribution in [0, 0.1) is 11.8 Å². The molecule has 5 rings (SSSR count). The zero-order valence-corrected chi connectivity index (χ0v) is 19.7. The van der Waals surface area contributed by atoms with Crippen LogP contribution in [0.25, 0.3) is 10.9 Å². The van der Waals surface area contributed by atoms with Crippen molar-refractivity contribution in [2.75, 3.05) is 30.8 Å². The molecular formula is C27H33N5O2. The van der Waals surface area contributed by atoms with E-state index in [1.54, 1.807) is 13.2 Å². The summed E-state index contributed by atoms with van der Waals surface area (Å²) in [5, 5.41) is 11.3. The summed E-state index contributed by atoms with van der Waals surface area (Å²) < 4.78 is 5.31. The summed E-state index contributed by atoms with van der Waals surface area (Å²) in [5.74, 6) is 3.41. The van der Waals surface area contributed by atoms with Crippen LogP contribution in [0.15, 0.2) is 48.5 Å². The number of methoxy groups -OCH3 is 1. The van der Waals surface area contributed by atoms with Crippen molar-refractivity contribution in [3.05, 3.63) is 54.1 Å². The number of hydrogen-bond acceptors (Lipinski definition) is 6. The first-order valence-electron chi connectivity index (χ1n) is 12.4. The second-order valence-corrected chi connectivity index (χ2v) is 9.51. The molecule has 7 nitrogen and oxygen atoms in total. The molecule has 3 aromatic rings. The Morgan fingerprint density at radius 2 is 1.62 bits per heavy atom. The second kappa shape index (κ2) is 10.3. The Morgan fingerprint density at radius 1 is 0.912 bits per heavy atom.